The van der Waals surface area contributed by atoms with Crippen LogP contribution in [-0.4, -0.2) is 27.5 Å². The number of para-hydroxylation sites is 1. The van der Waals surface area contributed by atoms with E-state index in [1.165, 1.54) is 0 Å². The number of ketones is 1. The molecule has 0 spiro atoms. The van der Waals surface area contributed by atoms with E-state index in [1.807, 2.05) is 54.6 Å². The standard InChI is InChI=1S/C30H31N3O3/c1-2-3-13-36-29-12-11-21(17-32-29)24-16-25-27(15-22(24)19-34)31-18-26(28(35)14-20-9-10-20)30(25)33-23-7-5-4-6-8-23/h4-8,11-12,15-18,20,34H,2-3,9-10,13-14,19H2,1H3,(H,31,33). The number of nitrogens with one attached hydrogen (secondary N) is 1. The number of anilines is 2. The first kappa shape index (κ1) is 23.9. The van der Waals surface area contributed by atoms with Crippen LogP contribution in [0.25, 0.3) is 22.0 Å². The second-order valence-electron chi connectivity index (χ2n) is 9.38. The lowest BCUT2D eigenvalue weighted by atomic mass is 9.95. The summed E-state index contributed by atoms with van der Waals surface area (Å²) < 4.78 is 5.71. The van der Waals surface area contributed by atoms with E-state index in [0.717, 1.165) is 64.7 Å². The van der Waals surface area contributed by atoms with Crippen molar-refractivity contribution in [3.8, 4) is 17.0 Å². The lowest BCUT2D eigenvalue weighted by Gasteiger charge is -2.17. The summed E-state index contributed by atoms with van der Waals surface area (Å²) in [6.45, 7) is 2.63. The molecule has 2 aromatic carbocycles. The highest BCUT2D eigenvalue weighted by atomic mass is 16.5. The Bertz CT molecular complexity index is 1350. The fraction of sp³-hybridized carbons (Fsp3) is 0.300. The Balaban J connectivity index is 1.59. The van der Waals surface area contributed by atoms with E-state index < -0.39 is 0 Å². The van der Waals surface area contributed by atoms with Crippen LogP contribution in [0.15, 0.2) is 67.0 Å². The maximum absolute atomic E-state index is 13.2. The van der Waals surface area contributed by atoms with E-state index in [1.54, 1.807) is 12.4 Å². The molecule has 36 heavy (non-hydrogen) atoms. The molecular weight excluding hydrogens is 450 g/mol. The van der Waals surface area contributed by atoms with Gasteiger partial charge < -0.3 is 15.2 Å². The lowest BCUT2D eigenvalue weighted by molar-refractivity contribution is 0.0976. The van der Waals surface area contributed by atoms with Gasteiger partial charge in [-0.05, 0) is 66.6 Å². The number of Topliss-reactive ketones (excluding diaryl/α,β-unsaturated/α-hetero) is 1. The molecule has 0 saturated heterocycles. The highest BCUT2D eigenvalue weighted by Crippen LogP contribution is 2.38. The number of nitrogens with zero attached hydrogens (tertiary/aromatic N) is 2. The maximum atomic E-state index is 13.2. The van der Waals surface area contributed by atoms with Crippen molar-refractivity contribution in [1.29, 1.82) is 0 Å². The molecule has 6 heteroatoms. The third kappa shape index (κ3) is 5.39. The van der Waals surface area contributed by atoms with Gasteiger partial charge >= 0.3 is 0 Å². The van der Waals surface area contributed by atoms with Gasteiger partial charge in [-0.15, -0.1) is 0 Å². The van der Waals surface area contributed by atoms with Crippen LogP contribution in [0, 0.1) is 5.92 Å². The Kier molecular flexibility index (Phi) is 7.23. The van der Waals surface area contributed by atoms with E-state index in [9.17, 15) is 9.90 Å². The van der Waals surface area contributed by atoms with Gasteiger partial charge in [-0.1, -0.05) is 31.5 Å². The summed E-state index contributed by atoms with van der Waals surface area (Å²) in [5, 5.41) is 14.5. The number of rotatable bonds is 11. The Morgan fingerprint density at radius 2 is 1.92 bits per heavy atom. The van der Waals surface area contributed by atoms with Gasteiger partial charge in [0.15, 0.2) is 5.78 Å². The highest BCUT2D eigenvalue weighted by Gasteiger charge is 2.27. The zero-order valence-electron chi connectivity index (χ0n) is 20.5. The number of aliphatic hydroxyl groups excluding tert-OH is 1. The van der Waals surface area contributed by atoms with Crippen LogP contribution < -0.4 is 10.1 Å². The van der Waals surface area contributed by atoms with Crippen molar-refractivity contribution in [3.63, 3.8) is 0 Å². The third-order valence-electron chi connectivity index (χ3n) is 6.57. The molecule has 184 valence electrons. The predicted octanol–water partition coefficient (Wildman–Crippen LogP) is 6.69. The summed E-state index contributed by atoms with van der Waals surface area (Å²) in [5.74, 6) is 1.17. The van der Waals surface area contributed by atoms with Gasteiger partial charge in [-0.2, -0.15) is 0 Å². The number of carbonyl (C=O) groups excluding carboxylic acids is 1. The Labute approximate surface area is 211 Å². The number of fused-ring (bicyclic) bond motifs is 1. The minimum atomic E-state index is -0.133. The highest BCUT2D eigenvalue weighted by molar-refractivity contribution is 6.10. The van der Waals surface area contributed by atoms with Crippen molar-refractivity contribution in [2.24, 2.45) is 5.92 Å². The van der Waals surface area contributed by atoms with E-state index >= 15 is 0 Å². The molecule has 2 aromatic heterocycles. The number of pyridine rings is 2. The molecule has 1 aliphatic carbocycles. The Morgan fingerprint density at radius 3 is 2.61 bits per heavy atom. The number of unbranched alkanes of at least 4 members (excludes halogenated alkanes) is 1. The number of ether oxygens (including phenoxy) is 1. The molecule has 1 saturated carbocycles. The van der Waals surface area contributed by atoms with E-state index in [-0.39, 0.29) is 12.4 Å². The minimum Gasteiger partial charge on any atom is -0.478 e. The lowest BCUT2D eigenvalue weighted by Crippen LogP contribution is -2.07. The second-order valence-corrected chi connectivity index (χ2v) is 9.38. The Morgan fingerprint density at radius 1 is 1.08 bits per heavy atom. The molecule has 0 aliphatic heterocycles. The van der Waals surface area contributed by atoms with E-state index in [2.05, 4.69) is 22.2 Å². The summed E-state index contributed by atoms with van der Waals surface area (Å²) in [4.78, 5) is 22.3. The van der Waals surface area contributed by atoms with Crippen LogP contribution in [0.1, 0.15) is 54.9 Å². The first-order valence-electron chi connectivity index (χ1n) is 12.7. The smallest absolute Gasteiger partial charge is 0.213 e. The normalized spacial score (nSPS) is 13.1. The number of carbonyl (C=O) groups is 1. The molecule has 0 atom stereocenters. The fourth-order valence-corrected chi connectivity index (χ4v) is 4.33. The molecule has 4 aromatic rings. The van der Waals surface area contributed by atoms with Crippen LogP contribution in [0.5, 0.6) is 5.88 Å². The van der Waals surface area contributed by atoms with E-state index in [0.29, 0.717) is 30.4 Å². The summed E-state index contributed by atoms with van der Waals surface area (Å²) >= 11 is 0. The van der Waals surface area contributed by atoms with Gasteiger partial charge in [0.1, 0.15) is 0 Å². The zero-order valence-corrected chi connectivity index (χ0v) is 20.5. The number of benzene rings is 2. The maximum Gasteiger partial charge on any atom is 0.213 e. The van der Waals surface area contributed by atoms with Gasteiger partial charge in [0.2, 0.25) is 5.88 Å². The summed E-state index contributed by atoms with van der Waals surface area (Å²) in [6, 6.07) is 17.5. The van der Waals surface area contributed by atoms with Gasteiger partial charge in [-0.3, -0.25) is 9.78 Å². The molecule has 1 fully saturated rings. The van der Waals surface area contributed by atoms with Crippen molar-refractivity contribution >= 4 is 28.1 Å². The third-order valence-corrected chi connectivity index (χ3v) is 6.57. The van der Waals surface area contributed by atoms with Crippen LogP contribution >= 0.6 is 0 Å². The summed E-state index contributed by atoms with van der Waals surface area (Å²) in [7, 11) is 0. The molecular formula is C30H31N3O3. The van der Waals surface area contributed by atoms with Gasteiger partial charge in [0, 0.05) is 41.5 Å². The summed E-state index contributed by atoms with van der Waals surface area (Å²) in [6.07, 6.45) is 8.25. The van der Waals surface area contributed by atoms with Crippen molar-refractivity contribution in [1.82, 2.24) is 9.97 Å². The van der Waals surface area contributed by atoms with Crippen molar-refractivity contribution in [2.45, 2.75) is 45.6 Å². The Hall–Kier alpha value is -3.77. The second kappa shape index (κ2) is 10.9. The zero-order chi connectivity index (χ0) is 24.9. The number of hydrogen-bond acceptors (Lipinski definition) is 6. The number of aliphatic hydroxyl groups is 1. The molecule has 2 heterocycles. The molecule has 2 N–H and O–H groups in total. The van der Waals surface area contributed by atoms with E-state index in [4.69, 9.17) is 4.74 Å². The number of hydrogen-bond donors (Lipinski definition) is 2. The van der Waals surface area contributed by atoms with Crippen molar-refractivity contribution in [2.75, 3.05) is 11.9 Å². The van der Waals surface area contributed by atoms with Crippen LogP contribution in [-0.2, 0) is 6.61 Å². The predicted molar refractivity (Wildman–Crippen MR) is 143 cm³/mol. The number of aromatic nitrogens is 2. The fourth-order valence-electron chi connectivity index (χ4n) is 4.33. The minimum absolute atomic E-state index is 0.105. The molecule has 0 unspecified atom stereocenters. The molecule has 0 bridgehead atoms. The average Bonchev–Trinajstić information content (AvgIpc) is 3.73. The van der Waals surface area contributed by atoms with Crippen molar-refractivity contribution < 1.29 is 14.6 Å². The topological polar surface area (TPSA) is 84.3 Å². The first-order chi connectivity index (χ1) is 17.7. The molecule has 0 amide bonds. The SMILES string of the molecule is CCCCOc1ccc(-c2cc3c(Nc4ccccc4)c(C(=O)CC4CC4)cnc3cc2CO)cn1. The van der Waals surface area contributed by atoms with Gasteiger partial charge in [0.25, 0.3) is 0 Å². The molecule has 6 nitrogen and oxygen atoms in total. The molecule has 5 rings (SSSR count). The molecule has 1 aliphatic rings. The average molecular weight is 482 g/mol. The largest absolute Gasteiger partial charge is 0.478 e. The molecule has 0 radical (unpaired) electrons. The van der Waals surface area contributed by atoms with Crippen LogP contribution in [0.3, 0.4) is 0 Å². The monoisotopic (exact) mass is 481 g/mol. The van der Waals surface area contributed by atoms with Crippen molar-refractivity contribution in [3.05, 3.63) is 78.1 Å². The van der Waals surface area contributed by atoms with Gasteiger partial charge in [-0.25, -0.2) is 4.98 Å². The van der Waals surface area contributed by atoms with Crippen LogP contribution in [0.4, 0.5) is 11.4 Å². The summed E-state index contributed by atoms with van der Waals surface area (Å²) in [5.41, 5.74) is 5.42. The first-order valence-corrected chi connectivity index (χ1v) is 12.7. The quantitative estimate of drug-likeness (QED) is 0.183. The van der Waals surface area contributed by atoms with Crippen LogP contribution in [0.2, 0.25) is 0 Å². The van der Waals surface area contributed by atoms with Gasteiger partial charge in [0.05, 0.1) is 30.0 Å².